The Labute approximate surface area is 161 Å². The van der Waals surface area contributed by atoms with Gasteiger partial charge in [0.25, 0.3) is 5.91 Å². The van der Waals surface area contributed by atoms with Crippen molar-refractivity contribution in [1.82, 2.24) is 14.5 Å². The van der Waals surface area contributed by atoms with Crippen molar-refractivity contribution < 1.29 is 31.2 Å². The van der Waals surface area contributed by atoms with Crippen molar-refractivity contribution in [3.8, 4) is 0 Å². The van der Waals surface area contributed by atoms with Gasteiger partial charge in [-0.05, 0) is 37.1 Å². The zero-order valence-electron chi connectivity index (χ0n) is 15.5. The van der Waals surface area contributed by atoms with Crippen molar-refractivity contribution in [3.05, 3.63) is 29.8 Å². The third kappa shape index (κ3) is 5.44. The van der Waals surface area contributed by atoms with Crippen LogP contribution in [0.2, 0.25) is 0 Å². The highest BCUT2D eigenvalue weighted by Crippen LogP contribution is 2.23. The van der Waals surface area contributed by atoms with E-state index in [0.717, 1.165) is 0 Å². The normalized spacial score (nSPS) is 16.6. The summed E-state index contributed by atoms with van der Waals surface area (Å²) in [6, 6.07) is 4.73. The molecule has 1 aliphatic rings. The van der Waals surface area contributed by atoms with Crippen LogP contribution in [0, 0.1) is 0 Å². The first kappa shape index (κ1) is 22.2. The Morgan fingerprint density at radius 2 is 1.71 bits per heavy atom. The number of hydrogen-bond donors (Lipinski definition) is 1. The van der Waals surface area contributed by atoms with Crippen LogP contribution in [0.15, 0.2) is 29.2 Å². The number of alkyl halides is 3. The number of benzene rings is 1. The molecular formula is C17H22F3N3O4S. The van der Waals surface area contributed by atoms with E-state index >= 15 is 0 Å². The number of hydrogen-bond acceptors (Lipinski definition) is 4. The van der Waals surface area contributed by atoms with Gasteiger partial charge in [0, 0.05) is 38.7 Å². The van der Waals surface area contributed by atoms with Crippen molar-refractivity contribution in [2.24, 2.45) is 0 Å². The van der Waals surface area contributed by atoms with E-state index in [1.54, 1.807) is 17.3 Å². The standard InChI is InChI=1S/C17H22F3N3O4S/c1-12(24)22(2)14-7-9-23(10-8-14)28(26,27)15-5-3-13(4-6-15)16(25)21-11-17(18,19)20/h3-6,14H,7-11H2,1-2H3,(H,21,25). The topological polar surface area (TPSA) is 86.8 Å². The van der Waals surface area contributed by atoms with Crippen LogP contribution in [0.25, 0.3) is 0 Å². The Hall–Kier alpha value is -2.14. The smallest absolute Gasteiger partial charge is 0.343 e. The van der Waals surface area contributed by atoms with E-state index in [1.165, 1.54) is 35.5 Å². The maximum Gasteiger partial charge on any atom is 0.405 e. The molecule has 1 saturated heterocycles. The molecule has 0 radical (unpaired) electrons. The van der Waals surface area contributed by atoms with Crippen molar-refractivity contribution in [1.29, 1.82) is 0 Å². The van der Waals surface area contributed by atoms with Gasteiger partial charge in [-0.25, -0.2) is 8.42 Å². The molecule has 1 N–H and O–H groups in total. The molecule has 2 rings (SSSR count). The molecule has 0 bridgehead atoms. The lowest BCUT2D eigenvalue weighted by Gasteiger charge is -2.35. The second-order valence-electron chi connectivity index (χ2n) is 6.59. The molecule has 0 unspecified atom stereocenters. The van der Waals surface area contributed by atoms with Gasteiger partial charge in [-0.15, -0.1) is 0 Å². The number of nitrogens with zero attached hydrogens (tertiary/aromatic N) is 2. The summed E-state index contributed by atoms with van der Waals surface area (Å²) in [4.78, 5) is 24.7. The third-order valence-electron chi connectivity index (χ3n) is 4.67. The number of piperidine rings is 1. The molecule has 1 heterocycles. The number of halogens is 3. The summed E-state index contributed by atoms with van der Waals surface area (Å²) in [6.07, 6.45) is -3.51. The van der Waals surface area contributed by atoms with E-state index in [2.05, 4.69) is 0 Å². The lowest BCUT2D eigenvalue weighted by Crippen LogP contribution is -2.46. The molecule has 7 nitrogen and oxygen atoms in total. The third-order valence-corrected chi connectivity index (χ3v) is 6.58. The highest BCUT2D eigenvalue weighted by molar-refractivity contribution is 7.89. The number of sulfonamides is 1. The fourth-order valence-electron chi connectivity index (χ4n) is 2.94. The first-order chi connectivity index (χ1) is 12.9. The monoisotopic (exact) mass is 421 g/mol. The van der Waals surface area contributed by atoms with E-state index in [-0.39, 0.29) is 35.5 Å². The first-order valence-electron chi connectivity index (χ1n) is 8.60. The summed E-state index contributed by atoms with van der Waals surface area (Å²) in [5, 5.41) is 1.73. The summed E-state index contributed by atoms with van der Waals surface area (Å²) in [5.41, 5.74) is -0.0648. The lowest BCUT2D eigenvalue weighted by molar-refractivity contribution is -0.130. The second kappa shape index (κ2) is 8.48. The maximum atomic E-state index is 12.7. The Morgan fingerprint density at radius 1 is 1.18 bits per heavy atom. The predicted octanol–water partition coefficient (Wildman–Crippen LogP) is 1.61. The highest BCUT2D eigenvalue weighted by Gasteiger charge is 2.32. The molecular weight excluding hydrogens is 399 g/mol. The quantitative estimate of drug-likeness (QED) is 0.783. The van der Waals surface area contributed by atoms with Gasteiger partial charge in [0.15, 0.2) is 0 Å². The Morgan fingerprint density at radius 3 is 2.18 bits per heavy atom. The first-order valence-corrected chi connectivity index (χ1v) is 10.0. The Bertz CT molecular complexity index is 817. The van der Waals surface area contributed by atoms with Crippen LogP contribution in [0.1, 0.15) is 30.1 Å². The number of nitrogens with one attached hydrogen (secondary N) is 1. The Balaban J connectivity index is 2.03. The van der Waals surface area contributed by atoms with Gasteiger partial charge in [0.1, 0.15) is 6.54 Å². The van der Waals surface area contributed by atoms with Crippen LogP contribution in [0.5, 0.6) is 0 Å². The molecule has 0 spiro atoms. The summed E-state index contributed by atoms with van der Waals surface area (Å²) < 4.78 is 63.2. The molecule has 156 valence electrons. The van der Waals surface area contributed by atoms with Crippen LogP contribution in [-0.4, -0.2) is 68.3 Å². The lowest BCUT2D eigenvalue weighted by atomic mass is 10.1. The van der Waals surface area contributed by atoms with E-state index < -0.39 is 28.7 Å². The van der Waals surface area contributed by atoms with Gasteiger partial charge < -0.3 is 10.2 Å². The minimum absolute atomic E-state index is 0.0244. The highest BCUT2D eigenvalue weighted by atomic mass is 32.2. The van der Waals surface area contributed by atoms with E-state index in [0.29, 0.717) is 12.8 Å². The number of rotatable bonds is 5. The molecule has 11 heteroatoms. The summed E-state index contributed by atoms with van der Waals surface area (Å²) >= 11 is 0. The number of amides is 2. The number of carbonyl (C=O) groups is 2. The molecule has 28 heavy (non-hydrogen) atoms. The number of carbonyl (C=O) groups excluding carboxylic acids is 2. The zero-order valence-corrected chi connectivity index (χ0v) is 16.3. The largest absolute Gasteiger partial charge is 0.405 e. The molecule has 1 fully saturated rings. The van der Waals surface area contributed by atoms with Gasteiger partial charge >= 0.3 is 6.18 Å². The fraction of sp³-hybridized carbons (Fsp3) is 0.529. The van der Waals surface area contributed by atoms with Crippen LogP contribution >= 0.6 is 0 Å². The molecule has 1 aromatic carbocycles. The van der Waals surface area contributed by atoms with Gasteiger partial charge in [-0.2, -0.15) is 17.5 Å². The van der Waals surface area contributed by atoms with E-state index in [9.17, 15) is 31.2 Å². The minimum atomic E-state index is -4.53. The molecule has 0 aliphatic carbocycles. The van der Waals surface area contributed by atoms with Crippen LogP contribution in [0.3, 0.4) is 0 Å². The van der Waals surface area contributed by atoms with Crippen LogP contribution < -0.4 is 5.32 Å². The van der Waals surface area contributed by atoms with Crippen LogP contribution in [-0.2, 0) is 14.8 Å². The van der Waals surface area contributed by atoms with E-state index in [1.807, 2.05) is 0 Å². The molecule has 0 saturated carbocycles. The molecule has 2 amide bonds. The summed E-state index contributed by atoms with van der Waals surface area (Å²) in [6.45, 7) is 0.488. The summed E-state index contributed by atoms with van der Waals surface area (Å²) in [7, 11) is -2.11. The summed E-state index contributed by atoms with van der Waals surface area (Å²) in [5.74, 6) is -1.02. The zero-order chi connectivity index (χ0) is 21.1. The fourth-order valence-corrected chi connectivity index (χ4v) is 4.41. The van der Waals surface area contributed by atoms with Crippen molar-refractivity contribution in [2.45, 2.75) is 36.9 Å². The van der Waals surface area contributed by atoms with Gasteiger partial charge in [-0.1, -0.05) is 0 Å². The maximum absolute atomic E-state index is 12.7. The van der Waals surface area contributed by atoms with Gasteiger partial charge in [0.05, 0.1) is 4.90 Å². The van der Waals surface area contributed by atoms with Crippen LogP contribution in [0.4, 0.5) is 13.2 Å². The molecule has 0 atom stereocenters. The van der Waals surface area contributed by atoms with E-state index in [4.69, 9.17) is 0 Å². The SMILES string of the molecule is CC(=O)N(C)C1CCN(S(=O)(=O)c2ccc(C(=O)NCC(F)(F)F)cc2)CC1. The molecule has 1 aliphatic heterocycles. The van der Waals surface area contributed by atoms with Crippen molar-refractivity contribution in [2.75, 3.05) is 26.7 Å². The average molecular weight is 421 g/mol. The average Bonchev–Trinajstić information content (AvgIpc) is 2.65. The predicted molar refractivity (Wildman–Crippen MR) is 95.1 cm³/mol. The Kier molecular flexibility index (Phi) is 6.71. The van der Waals surface area contributed by atoms with Gasteiger partial charge in [-0.3, -0.25) is 9.59 Å². The van der Waals surface area contributed by atoms with Crippen molar-refractivity contribution >= 4 is 21.8 Å². The minimum Gasteiger partial charge on any atom is -0.343 e. The second-order valence-corrected chi connectivity index (χ2v) is 8.53. The molecule has 0 aromatic heterocycles. The molecule has 1 aromatic rings. The van der Waals surface area contributed by atoms with Gasteiger partial charge in [0.2, 0.25) is 15.9 Å². The van der Waals surface area contributed by atoms with Crippen molar-refractivity contribution in [3.63, 3.8) is 0 Å².